The van der Waals surface area contributed by atoms with Gasteiger partial charge in [-0.15, -0.1) is 0 Å². The molecule has 1 fully saturated rings. The SMILES string of the molecule is CCC(C)c1ccc(OCCOc2ccc(/C=C3/C(=O)NC(=O)N(c4ccc(Cl)cc4)C3=O)cc2)cc1. The number of hydrogen-bond donors (Lipinski definition) is 1. The lowest BCUT2D eigenvalue weighted by Gasteiger charge is -2.26. The van der Waals surface area contributed by atoms with Gasteiger partial charge in [0.2, 0.25) is 0 Å². The molecule has 7 nitrogen and oxygen atoms in total. The van der Waals surface area contributed by atoms with Gasteiger partial charge in [-0.3, -0.25) is 14.9 Å². The minimum absolute atomic E-state index is 0.157. The second kappa shape index (κ2) is 11.8. The number of imide groups is 2. The number of anilines is 1. The molecule has 8 heteroatoms. The van der Waals surface area contributed by atoms with Crippen LogP contribution in [0.4, 0.5) is 10.5 Å². The standard InChI is InChI=1S/C29H27ClN2O5/c1-3-19(2)21-6-14-25(15-7-21)37-17-16-36-24-12-4-20(5-13-24)18-26-27(33)31-29(35)32(28(26)34)23-10-8-22(30)9-11-23/h4-15,18-19H,3,16-17H2,1-2H3,(H,31,33,35)/b26-18-. The molecule has 1 atom stereocenters. The Labute approximate surface area is 220 Å². The van der Waals surface area contributed by atoms with E-state index in [2.05, 4.69) is 31.3 Å². The van der Waals surface area contributed by atoms with Gasteiger partial charge in [0.1, 0.15) is 30.3 Å². The van der Waals surface area contributed by atoms with Gasteiger partial charge in [0, 0.05) is 5.02 Å². The minimum atomic E-state index is -0.813. The van der Waals surface area contributed by atoms with E-state index in [-0.39, 0.29) is 5.57 Å². The lowest BCUT2D eigenvalue weighted by molar-refractivity contribution is -0.122. The normalized spacial score (nSPS) is 15.5. The summed E-state index contributed by atoms with van der Waals surface area (Å²) in [4.78, 5) is 38.5. The van der Waals surface area contributed by atoms with Gasteiger partial charge >= 0.3 is 6.03 Å². The van der Waals surface area contributed by atoms with E-state index in [1.807, 2.05) is 12.1 Å². The van der Waals surface area contributed by atoms with Crippen molar-refractivity contribution in [2.24, 2.45) is 0 Å². The molecule has 0 radical (unpaired) electrons. The Balaban J connectivity index is 1.34. The summed E-state index contributed by atoms with van der Waals surface area (Å²) < 4.78 is 11.5. The van der Waals surface area contributed by atoms with Gasteiger partial charge in [0.05, 0.1) is 5.69 Å². The van der Waals surface area contributed by atoms with Crippen LogP contribution in [0.3, 0.4) is 0 Å². The molecule has 0 saturated carbocycles. The third kappa shape index (κ3) is 6.37. The van der Waals surface area contributed by atoms with E-state index in [1.54, 1.807) is 36.4 Å². The van der Waals surface area contributed by atoms with Crippen molar-refractivity contribution in [1.29, 1.82) is 0 Å². The first kappa shape index (κ1) is 26.0. The second-order valence-electron chi connectivity index (χ2n) is 8.58. The molecule has 4 amide bonds. The number of ether oxygens (including phenoxy) is 2. The summed E-state index contributed by atoms with van der Waals surface area (Å²) in [6.45, 7) is 5.11. The van der Waals surface area contributed by atoms with Crippen molar-refractivity contribution < 1.29 is 23.9 Å². The molecule has 3 aromatic rings. The van der Waals surface area contributed by atoms with Gasteiger partial charge in [0.25, 0.3) is 11.8 Å². The number of nitrogens with zero attached hydrogens (tertiary/aromatic N) is 1. The molecular formula is C29H27ClN2O5. The van der Waals surface area contributed by atoms with Crippen molar-refractivity contribution in [2.45, 2.75) is 26.2 Å². The van der Waals surface area contributed by atoms with E-state index in [9.17, 15) is 14.4 Å². The number of hydrogen-bond acceptors (Lipinski definition) is 5. The highest BCUT2D eigenvalue weighted by molar-refractivity contribution is 6.39. The Morgan fingerprint density at radius 2 is 1.43 bits per heavy atom. The molecule has 0 aliphatic carbocycles. The summed E-state index contributed by atoms with van der Waals surface area (Å²) in [6.07, 6.45) is 2.53. The summed E-state index contributed by atoms with van der Waals surface area (Å²) in [5.74, 6) is 0.460. The Morgan fingerprint density at radius 3 is 2.00 bits per heavy atom. The van der Waals surface area contributed by atoms with Crippen LogP contribution in [0.15, 0.2) is 78.4 Å². The van der Waals surface area contributed by atoms with Crippen LogP contribution in [0.2, 0.25) is 5.02 Å². The molecule has 1 heterocycles. The molecule has 0 spiro atoms. The fourth-order valence-electron chi connectivity index (χ4n) is 3.76. The molecule has 3 aromatic carbocycles. The van der Waals surface area contributed by atoms with Gasteiger partial charge in [-0.2, -0.15) is 0 Å². The lowest BCUT2D eigenvalue weighted by atomic mass is 9.99. The van der Waals surface area contributed by atoms with Crippen LogP contribution in [-0.2, 0) is 9.59 Å². The molecule has 0 bridgehead atoms. The zero-order valence-electron chi connectivity index (χ0n) is 20.6. The zero-order valence-corrected chi connectivity index (χ0v) is 21.3. The average Bonchev–Trinajstić information content (AvgIpc) is 2.90. The fraction of sp³-hybridized carbons (Fsp3) is 0.207. The quantitative estimate of drug-likeness (QED) is 0.214. The minimum Gasteiger partial charge on any atom is -0.490 e. The molecule has 1 aliphatic heterocycles. The topological polar surface area (TPSA) is 84.9 Å². The lowest BCUT2D eigenvalue weighted by Crippen LogP contribution is -2.54. The number of halogens is 1. The summed E-state index contributed by atoms with van der Waals surface area (Å²) >= 11 is 5.90. The maximum atomic E-state index is 13.0. The van der Waals surface area contributed by atoms with Gasteiger partial charge < -0.3 is 9.47 Å². The number of carbonyl (C=O) groups excluding carboxylic acids is 3. The highest BCUT2D eigenvalue weighted by Gasteiger charge is 2.36. The monoisotopic (exact) mass is 518 g/mol. The van der Waals surface area contributed by atoms with Crippen LogP contribution < -0.4 is 19.7 Å². The number of nitrogens with one attached hydrogen (secondary N) is 1. The largest absolute Gasteiger partial charge is 0.490 e. The second-order valence-corrected chi connectivity index (χ2v) is 9.01. The Morgan fingerprint density at radius 1 is 0.865 bits per heavy atom. The number of carbonyl (C=O) groups is 3. The van der Waals surface area contributed by atoms with Crippen LogP contribution in [0.5, 0.6) is 11.5 Å². The summed E-state index contributed by atoms with van der Waals surface area (Å²) in [6, 6.07) is 20.4. The molecule has 4 rings (SSSR count). The molecule has 0 aromatic heterocycles. The van der Waals surface area contributed by atoms with Crippen molar-refractivity contribution >= 4 is 41.2 Å². The highest BCUT2D eigenvalue weighted by Crippen LogP contribution is 2.24. The van der Waals surface area contributed by atoms with Crippen molar-refractivity contribution in [3.63, 3.8) is 0 Å². The number of rotatable bonds is 9. The molecule has 37 heavy (non-hydrogen) atoms. The highest BCUT2D eigenvalue weighted by atomic mass is 35.5. The predicted octanol–water partition coefficient (Wildman–Crippen LogP) is 5.98. The van der Waals surface area contributed by atoms with Crippen molar-refractivity contribution in [1.82, 2.24) is 5.32 Å². The first-order chi connectivity index (χ1) is 17.9. The molecular weight excluding hydrogens is 492 g/mol. The zero-order chi connectivity index (χ0) is 26.4. The Hall–Kier alpha value is -4.10. The van der Waals surface area contributed by atoms with E-state index in [1.165, 1.54) is 23.8 Å². The first-order valence-corrected chi connectivity index (χ1v) is 12.4. The Bertz CT molecular complexity index is 1300. The number of urea groups is 1. The number of benzene rings is 3. The van der Waals surface area contributed by atoms with Gasteiger partial charge in [0.15, 0.2) is 0 Å². The molecule has 1 unspecified atom stereocenters. The van der Waals surface area contributed by atoms with E-state index in [0.717, 1.165) is 17.1 Å². The fourth-order valence-corrected chi connectivity index (χ4v) is 3.88. The average molecular weight is 519 g/mol. The summed E-state index contributed by atoms with van der Waals surface area (Å²) in [7, 11) is 0. The van der Waals surface area contributed by atoms with Gasteiger partial charge in [-0.1, -0.05) is 49.7 Å². The Kier molecular flexibility index (Phi) is 8.25. The maximum Gasteiger partial charge on any atom is 0.335 e. The van der Waals surface area contributed by atoms with Crippen LogP contribution in [0.1, 0.15) is 37.3 Å². The summed E-state index contributed by atoms with van der Waals surface area (Å²) in [5, 5.41) is 2.66. The van der Waals surface area contributed by atoms with E-state index in [4.69, 9.17) is 21.1 Å². The smallest absolute Gasteiger partial charge is 0.335 e. The molecule has 1 aliphatic rings. The van der Waals surface area contributed by atoms with Gasteiger partial charge in [-0.05, 0) is 78.1 Å². The van der Waals surface area contributed by atoms with Crippen molar-refractivity contribution in [3.8, 4) is 11.5 Å². The van der Waals surface area contributed by atoms with Gasteiger partial charge in [-0.25, -0.2) is 9.69 Å². The molecule has 1 N–H and O–H groups in total. The molecule has 190 valence electrons. The van der Waals surface area contributed by atoms with Crippen molar-refractivity contribution in [3.05, 3.63) is 94.5 Å². The number of amides is 4. The van der Waals surface area contributed by atoms with E-state index < -0.39 is 17.8 Å². The van der Waals surface area contributed by atoms with Crippen LogP contribution in [0.25, 0.3) is 6.08 Å². The van der Waals surface area contributed by atoms with Crippen LogP contribution in [0, 0.1) is 0 Å². The van der Waals surface area contributed by atoms with Crippen LogP contribution in [-0.4, -0.2) is 31.1 Å². The maximum absolute atomic E-state index is 13.0. The van der Waals surface area contributed by atoms with E-state index in [0.29, 0.717) is 41.2 Å². The summed E-state index contributed by atoms with van der Waals surface area (Å²) in [5.41, 5.74) is 2.05. The predicted molar refractivity (Wildman–Crippen MR) is 143 cm³/mol. The third-order valence-electron chi connectivity index (χ3n) is 6.06. The number of barbiturate groups is 1. The van der Waals surface area contributed by atoms with Crippen LogP contribution >= 0.6 is 11.6 Å². The molecule has 1 saturated heterocycles. The van der Waals surface area contributed by atoms with Crippen molar-refractivity contribution in [2.75, 3.05) is 18.1 Å². The third-order valence-corrected chi connectivity index (χ3v) is 6.31. The van der Waals surface area contributed by atoms with E-state index >= 15 is 0 Å². The first-order valence-electron chi connectivity index (χ1n) is 12.0.